The van der Waals surface area contributed by atoms with E-state index < -0.39 is 6.04 Å². The first-order valence-corrected chi connectivity index (χ1v) is 3.94. The van der Waals surface area contributed by atoms with Crippen molar-refractivity contribution in [2.45, 2.75) is 6.04 Å². The molecule has 0 radical (unpaired) electrons. The van der Waals surface area contributed by atoms with Gasteiger partial charge in [0.15, 0.2) is 0 Å². The number of nitrogen functional groups attached to an aromatic ring is 1. The number of hydrogen-bond acceptors (Lipinski definition) is 3. The molecule has 66 valence electrons. The van der Waals surface area contributed by atoms with Crippen molar-refractivity contribution in [3.63, 3.8) is 0 Å². The van der Waals surface area contributed by atoms with Gasteiger partial charge in [0, 0.05) is 10.7 Å². The monoisotopic (exact) mass is 186 g/mol. The number of nitrogens with two attached hydrogens (primary N) is 2. The smallest absolute Gasteiger partial charge is 0.0625 e. The van der Waals surface area contributed by atoms with Gasteiger partial charge in [0.1, 0.15) is 0 Å². The highest BCUT2D eigenvalue weighted by Gasteiger charge is 2.08. The van der Waals surface area contributed by atoms with Crippen molar-refractivity contribution in [3.05, 3.63) is 28.8 Å². The van der Waals surface area contributed by atoms with E-state index in [-0.39, 0.29) is 6.61 Å². The second-order valence-corrected chi connectivity index (χ2v) is 3.00. The largest absolute Gasteiger partial charge is 0.398 e. The first-order valence-electron chi connectivity index (χ1n) is 3.56. The van der Waals surface area contributed by atoms with E-state index in [1.165, 1.54) is 0 Å². The number of halogens is 1. The molecule has 0 aliphatic heterocycles. The van der Waals surface area contributed by atoms with Crippen molar-refractivity contribution in [3.8, 4) is 0 Å². The molecule has 0 aliphatic rings. The van der Waals surface area contributed by atoms with E-state index >= 15 is 0 Å². The molecule has 12 heavy (non-hydrogen) atoms. The summed E-state index contributed by atoms with van der Waals surface area (Å²) in [7, 11) is 0. The third-order valence-electron chi connectivity index (χ3n) is 1.65. The minimum atomic E-state index is -0.455. The highest BCUT2D eigenvalue weighted by Crippen LogP contribution is 2.22. The Hall–Kier alpha value is -0.770. The molecule has 0 spiro atoms. The standard InChI is InChI=1S/C8H11ClN2O/c9-5-1-2-7(10)6(3-5)8(11)4-12/h1-3,8,12H,4,10-11H2/t8-/m0/s1. The van der Waals surface area contributed by atoms with Gasteiger partial charge in [-0.25, -0.2) is 0 Å². The van der Waals surface area contributed by atoms with E-state index in [0.29, 0.717) is 16.3 Å². The van der Waals surface area contributed by atoms with Crippen molar-refractivity contribution < 1.29 is 5.11 Å². The third kappa shape index (κ3) is 1.88. The molecule has 1 atom stereocenters. The molecular formula is C8H11ClN2O. The molecule has 0 heterocycles. The summed E-state index contributed by atoms with van der Waals surface area (Å²) in [4.78, 5) is 0. The van der Waals surface area contributed by atoms with Gasteiger partial charge in [0.05, 0.1) is 12.6 Å². The number of anilines is 1. The molecule has 0 amide bonds. The maximum atomic E-state index is 8.78. The minimum absolute atomic E-state index is 0.134. The highest BCUT2D eigenvalue weighted by molar-refractivity contribution is 6.30. The van der Waals surface area contributed by atoms with E-state index in [0.717, 1.165) is 0 Å². The second-order valence-electron chi connectivity index (χ2n) is 2.56. The Labute approximate surface area is 75.9 Å². The summed E-state index contributed by atoms with van der Waals surface area (Å²) in [5.41, 5.74) is 12.4. The number of aliphatic hydroxyl groups is 1. The SMILES string of the molecule is Nc1ccc(Cl)cc1[C@@H](N)CO. The number of benzene rings is 1. The van der Waals surface area contributed by atoms with Crippen LogP contribution in [0, 0.1) is 0 Å². The van der Waals surface area contributed by atoms with E-state index in [9.17, 15) is 0 Å². The molecular weight excluding hydrogens is 176 g/mol. The molecule has 0 aliphatic carbocycles. The lowest BCUT2D eigenvalue weighted by Crippen LogP contribution is -2.16. The maximum Gasteiger partial charge on any atom is 0.0625 e. The van der Waals surface area contributed by atoms with Gasteiger partial charge in [0.2, 0.25) is 0 Å². The van der Waals surface area contributed by atoms with Crippen LogP contribution >= 0.6 is 11.6 Å². The van der Waals surface area contributed by atoms with Gasteiger partial charge in [-0.2, -0.15) is 0 Å². The highest BCUT2D eigenvalue weighted by atomic mass is 35.5. The van der Waals surface area contributed by atoms with Crippen LogP contribution in [0.1, 0.15) is 11.6 Å². The summed E-state index contributed by atoms with van der Waals surface area (Å²) in [6.07, 6.45) is 0. The number of rotatable bonds is 2. The zero-order chi connectivity index (χ0) is 9.14. The Morgan fingerprint density at radius 3 is 2.75 bits per heavy atom. The van der Waals surface area contributed by atoms with Gasteiger partial charge in [-0.1, -0.05) is 11.6 Å². The lowest BCUT2D eigenvalue weighted by molar-refractivity contribution is 0.268. The van der Waals surface area contributed by atoms with Gasteiger partial charge in [0.25, 0.3) is 0 Å². The van der Waals surface area contributed by atoms with Crippen LogP contribution in [-0.4, -0.2) is 11.7 Å². The topological polar surface area (TPSA) is 72.3 Å². The van der Waals surface area contributed by atoms with Crippen LogP contribution in [0.5, 0.6) is 0 Å². The molecule has 0 bridgehead atoms. The molecule has 1 aromatic carbocycles. The Kier molecular flexibility index (Phi) is 2.92. The van der Waals surface area contributed by atoms with Crippen LogP contribution in [0.15, 0.2) is 18.2 Å². The molecule has 0 saturated heterocycles. The Bertz CT molecular complexity index is 278. The van der Waals surface area contributed by atoms with Crippen LogP contribution in [0.2, 0.25) is 5.02 Å². The van der Waals surface area contributed by atoms with Gasteiger partial charge in [-0.3, -0.25) is 0 Å². The minimum Gasteiger partial charge on any atom is -0.398 e. The Morgan fingerprint density at radius 1 is 1.50 bits per heavy atom. The molecule has 0 fully saturated rings. The van der Waals surface area contributed by atoms with Crippen LogP contribution in [-0.2, 0) is 0 Å². The van der Waals surface area contributed by atoms with Crippen molar-refractivity contribution in [1.82, 2.24) is 0 Å². The summed E-state index contributed by atoms with van der Waals surface area (Å²) >= 11 is 5.73. The van der Waals surface area contributed by atoms with Gasteiger partial charge < -0.3 is 16.6 Å². The molecule has 4 heteroatoms. The van der Waals surface area contributed by atoms with Crippen LogP contribution < -0.4 is 11.5 Å². The predicted octanol–water partition coefficient (Wildman–Crippen LogP) is 0.914. The fourth-order valence-corrected chi connectivity index (χ4v) is 1.15. The van der Waals surface area contributed by atoms with E-state index in [4.69, 9.17) is 28.2 Å². The van der Waals surface area contributed by atoms with E-state index in [1.807, 2.05) is 0 Å². The molecule has 3 nitrogen and oxygen atoms in total. The van der Waals surface area contributed by atoms with E-state index in [2.05, 4.69) is 0 Å². The summed E-state index contributed by atoms with van der Waals surface area (Å²) in [6, 6.07) is 4.57. The van der Waals surface area contributed by atoms with Crippen molar-refractivity contribution in [2.75, 3.05) is 12.3 Å². The fraction of sp³-hybridized carbons (Fsp3) is 0.250. The van der Waals surface area contributed by atoms with Crippen LogP contribution in [0.25, 0.3) is 0 Å². The number of hydrogen-bond donors (Lipinski definition) is 3. The fourth-order valence-electron chi connectivity index (χ4n) is 0.965. The number of aliphatic hydroxyl groups excluding tert-OH is 1. The lowest BCUT2D eigenvalue weighted by Gasteiger charge is -2.11. The average molecular weight is 187 g/mol. The molecule has 0 aromatic heterocycles. The van der Waals surface area contributed by atoms with Crippen molar-refractivity contribution in [1.29, 1.82) is 0 Å². The van der Waals surface area contributed by atoms with E-state index in [1.54, 1.807) is 18.2 Å². The molecule has 0 saturated carbocycles. The molecule has 1 aromatic rings. The first kappa shape index (κ1) is 9.32. The molecule has 5 N–H and O–H groups in total. The Morgan fingerprint density at radius 2 is 2.17 bits per heavy atom. The normalized spacial score (nSPS) is 12.9. The summed E-state index contributed by atoms with van der Waals surface area (Å²) in [5.74, 6) is 0. The maximum absolute atomic E-state index is 8.78. The zero-order valence-corrected chi connectivity index (χ0v) is 7.25. The lowest BCUT2D eigenvalue weighted by atomic mass is 10.1. The first-order chi connectivity index (χ1) is 5.65. The summed E-state index contributed by atoms with van der Waals surface area (Å²) < 4.78 is 0. The van der Waals surface area contributed by atoms with Crippen molar-refractivity contribution in [2.24, 2.45) is 5.73 Å². The summed E-state index contributed by atoms with van der Waals surface area (Å²) in [6.45, 7) is -0.134. The predicted molar refractivity (Wildman–Crippen MR) is 49.9 cm³/mol. The van der Waals surface area contributed by atoms with Crippen LogP contribution in [0.3, 0.4) is 0 Å². The average Bonchev–Trinajstić information content (AvgIpc) is 2.08. The van der Waals surface area contributed by atoms with Crippen molar-refractivity contribution >= 4 is 17.3 Å². The van der Waals surface area contributed by atoms with Crippen LogP contribution in [0.4, 0.5) is 5.69 Å². The molecule has 1 rings (SSSR count). The second kappa shape index (κ2) is 3.76. The zero-order valence-electron chi connectivity index (χ0n) is 6.50. The Balaban J connectivity index is 3.04. The summed E-state index contributed by atoms with van der Waals surface area (Å²) in [5, 5.41) is 9.35. The third-order valence-corrected chi connectivity index (χ3v) is 1.88. The quantitative estimate of drug-likeness (QED) is 0.602. The van der Waals surface area contributed by atoms with Gasteiger partial charge in [-0.15, -0.1) is 0 Å². The van der Waals surface area contributed by atoms with Gasteiger partial charge >= 0.3 is 0 Å². The molecule has 0 unspecified atom stereocenters. The van der Waals surface area contributed by atoms with Gasteiger partial charge in [-0.05, 0) is 23.8 Å².